The second-order valence-corrected chi connectivity index (χ2v) is 5.60. The van der Waals surface area contributed by atoms with Crippen molar-refractivity contribution in [3.63, 3.8) is 0 Å². The first-order valence-electron chi connectivity index (χ1n) is 6.55. The summed E-state index contributed by atoms with van der Waals surface area (Å²) >= 11 is 5.80. The average Bonchev–Trinajstić information content (AvgIpc) is 2.82. The molecule has 7 heteroatoms. The zero-order valence-corrected chi connectivity index (χ0v) is 12.3. The van der Waals surface area contributed by atoms with Crippen LogP contribution in [-0.4, -0.2) is 57.8 Å². The number of carboxylic acid groups (broad SMARTS) is 1. The lowest BCUT2D eigenvalue weighted by atomic mass is 10.2. The first kappa shape index (κ1) is 15.6. The maximum Gasteiger partial charge on any atom is 0.326 e. The van der Waals surface area contributed by atoms with Crippen LogP contribution < -0.4 is 0 Å². The molecule has 21 heavy (non-hydrogen) atoms. The van der Waals surface area contributed by atoms with Crippen molar-refractivity contribution in [2.45, 2.75) is 25.1 Å². The van der Waals surface area contributed by atoms with Crippen molar-refractivity contribution in [2.24, 2.45) is 0 Å². The molecule has 2 atom stereocenters. The molecule has 1 aromatic carbocycles. The van der Waals surface area contributed by atoms with Gasteiger partial charge in [0.2, 0.25) is 0 Å². The molecule has 0 spiro atoms. The maximum atomic E-state index is 12.3. The molecule has 114 valence electrons. The van der Waals surface area contributed by atoms with Crippen LogP contribution >= 0.6 is 11.6 Å². The number of likely N-dealkylation sites (tertiary alicyclic amines) is 1. The van der Waals surface area contributed by atoms with Crippen LogP contribution in [0.3, 0.4) is 0 Å². The number of benzene rings is 1. The number of carbonyl (C=O) groups excluding carboxylic acids is 1. The molecular weight excluding hydrogens is 296 g/mol. The summed E-state index contributed by atoms with van der Waals surface area (Å²) in [5, 5.41) is 19.3. The molecule has 1 fully saturated rings. The number of halogens is 1. The summed E-state index contributed by atoms with van der Waals surface area (Å²) in [4.78, 5) is 26.1. The van der Waals surface area contributed by atoms with Gasteiger partial charge >= 0.3 is 12.0 Å². The van der Waals surface area contributed by atoms with Crippen molar-refractivity contribution in [1.82, 2.24) is 9.80 Å². The first-order chi connectivity index (χ1) is 9.88. The third-order valence-electron chi connectivity index (χ3n) is 3.47. The highest BCUT2D eigenvalue weighted by molar-refractivity contribution is 6.30. The van der Waals surface area contributed by atoms with E-state index < -0.39 is 24.1 Å². The molecule has 1 aliphatic heterocycles. The van der Waals surface area contributed by atoms with Gasteiger partial charge in [-0.2, -0.15) is 0 Å². The van der Waals surface area contributed by atoms with Crippen molar-refractivity contribution in [1.29, 1.82) is 0 Å². The molecule has 2 amide bonds. The summed E-state index contributed by atoms with van der Waals surface area (Å²) in [6.45, 7) is 0.385. The highest BCUT2D eigenvalue weighted by atomic mass is 35.5. The maximum absolute atomic E-state index is 12.3. The predicted molar refractivity (Wildman–Crippen MR) is 77.1 cm³/mol. The van der Waals surface area contributed by atoms with Gasteiger partial charge in [0.15, 0.2) is 0 Å². The number of β-amino-alcohol motifs (C(OH)–C–C–N with tert-alkyl or cyclic N) is 1. The second kappa shape index (κ2) is 6.32. The van der Waals surface area contributed by atoms with E-state index in [-0.39, 0.29) is 13.0 Å². The van der Waals surface area contributed by atoms with E-state index in [1.807, 2.05) is 0 Å². The Morgan fingerprint density at radius 3 is 2.57 bits per heavy atom. The van der Waals surface area contributed by atoms with Crippen LogP contribution in [-0.2, 0) is 11.3 Å². The van der Waals surface area contributed by atoms with Gasteiger partial charge in [0, 0.05) is 31.6 Å². The van der Waals surface area contributed by atoms with E-state index in [1.54, 1.807) is 31.3 Å². The van der Waals surface area contributed by atoms with Gasteiger partial charge < -0.3 is 20.0 Å². The number of amides is 2. The Bertz CT molecular complexity index is 534. The Kier molecular flexibility index (Phi) is 4.69. The molecule has 2 rings (SSSR count). The smallest absolute Gasteiger partial charge is 0.326 e. The van der Waals surface area contributed by atoms with Gasteiger partial charge in [-0.3, -0.25) is 0 Å². The van der Waals surface area contributed by atoms with E-state index in [4.69, 9.17) is 16.7 Å². The highest BCUT2D eigenvalue weighted by Crippen LogP contribution is 2.20. The lowest BCUT2D eigenvalue weighted by Gasteiger charge is -2.27. The second-order valence-electron chi connectivity index (χ2n) is 5.16. The highest BCUT2D eigenvalue weighted by Gasteiger charge is 2.39. The Labute approximate surface area is 127 Å². The molecule has 0 radical (unpaired) electrons. The Morgan fingerprint density at radius 1 is 1.38 bits per heavy atom. The van der Waals surface area contributed by atoms with Gasteiger partial charge in [0.1, 0.15) is 6.04 Å². The molecule has 1 aliphatic rings. The van der Waals surface area contributed by atoms with Gasteiger partial charge in [0.05, 0.1) is 6.10 Å². The summed E-state index contributed by atoms with van der Waals surface area (Å²) in [6.07, 6.45) is -0.727. The zero-order valence-electron chi connectivity index (χ0n) is 11.6. The molecule has 0 bridgehead atoms. The molecule has 0 unspecified atom stereocenters. The fraction of sp³-hybridized carbons (Fsp3) is 0.429. The van der Waals surface area contributed by atoms with E-state index in [2.05, 4.69) is 0 Å². The summed E-state index contributed by atoms with van der Waals surface area (Å²) in [6, 6.07) is 5.69. The number of hydrogen-bond donors (Lipinski definition) is 2. The number of hydrogen-bond acceptors (Lipinski definition) is 3. The Morgan fingerprint density at radius 2 is 2.00 bits per heavy atom. The molecular formula is C14H17ClN2O4. The van der Waals surface area contributed by atoms with E-state index in [9.17, 15) is 14.7 Å². The molecule has 0 aliphatic carbocycles. The van der Waals surface area contributed by atoms with Crippen LogP contribution in [0.1, 0.15) is 12.0 Å². The van der Waals surface area contributed by atoms with E-state index in [0.29, 0.717) is 11.6 Å². The van der Waals surface area contributed by atoms with Crippen LogP contribution in [0.2, 0.25) is 5.02 Å². The largest absolute Gasteiger partial charge is 0.480 e. The minimum absolute atomic E-state index is 0.0424. The summed E-state index contributed by atoms with van der Waals surface area (Å²) < 4.78 is 0. The lowest BCUT2D eigenvalue weighted by molar-refractivity contribution is -0.141. The molecule has 2 N–H and O–H groups in total. The van der Waals surface area contributed by atoms with Crippen molar-refractivity contribution >= 4 is 23.6 Å². The minimum Gasteiger partial charge on any atom is -0.480 e. The van der Waals surface area contributed by atoms with Gasteiger partial charge in [-0.25, -0.2) is 9.59 Å². The van der Waals surface area contributed by atoms with Crippen LogP contribution in [0.5, 0.6) is 0 Å². The molecule has 1 aromatic rings. The Hall–Kier alpha value is -1.79. The van der Waals surface area contributed by atoms with Crippen molar-refractivity contribution in [3.05, 3.63) is 34.9 Å². The van der Waals surface area contributed by atoms with Crippen LogP contribution in [0.25, 0.3) is 0 Å². The van der Waals surface area contributed by atoms with E-state index >= 15 is 0 Å². The summed E-state index contributed by atoms with van der Waals surface area (Å²) in [7, 11) is 1.60. The van der Waals surface area contributed by atoms with Gasteiger partial charge in [-0.15, -0.1) is 0 Å². The third kappa shape index (κ3) is 3.65. The number of nitrogens with zero attached hydrogens (tertiary/aromatic N) is 2. The third-order valence-corrected chi connectivity index (χ3v) is 3.72. The topological polar surface area (TPSA) is 81.1 Å². The molecule has 0 aromatic heterocycles. The fourth-order valence-corrected chi connectivity index (χ4v) is 2.54. The average molecular weight is 313 g/mol. The number of aliphatic hydroxyl groups is 1. The monoisotopic (exact) mass is 312 g/mol. The number of carboxylic acids is 1. The Balaban J connectivity index is 2.04. The van der Waals surface area contributed by atoms with Gasteiger partial charge in [-0.05, 0) is 17.7 Å². The fourth-order valence-electron chi connectivity index (χ4n) is 2.41. The van der Waals surface area contributed by atoms with Crippen LogP contribution in [0, 0.1) is 0 Å². The van der Waals surface area contributed by atoms with Crippen LogP contribution in [0.15, 0.2) is 24.3 Å². The van der Waals surface area contributed by atoms with Crippen molar-refractivity contribution in [3.8, 4) is 0 Å². The summed E-state index contributed by atoms with van der Waals surface area (Å²) in [5.74, 6) is -1.10. The number of urea groups is 1. The first-order valence-corrected chi connectivity index (χ1v) is 6.93. The van der Waals surface area contributed by atoms with Gasteiger partial charge in [-0.1, -0.05) is 23.7 Å². The number of carbonyl (C=O) groups is 2. The summed E-state index contributed by atoms with van der Waals surface area (Å²) in [5.41, 5.74) is 0.891. The minimum atomic E-state index is -1.10. The normalized spacial score (nSPS) is 21.4. The quantitative estimate of drug-likeness (QED) is 0.884. The number of rotatable bonds is 3. The zero-order chi connectivity index (χ0) is 15.6. The molecule has 0 saturated carbocycles. The molecule has 1 saturated heterocycles. The predicted octanol–water partition coefficient (Wildman–Crippen LogP) is 1.41. The van der Waals surface area contributed by atoms with Crippen LogP contribution in [0.4, 0.5) is 4.79 Å². The van der Waals surface area contributed by atoms with Crippen molar-refractivity contribution in [2.75, 3.05) is 13.6 Å². The number of aliphatic hydroxyl groups excluding tert-OH is 1. The molecule has 1 heterocycles. The standard InChI is InChI=1S/C14H17ClN2O4/c1-16(7-9-2-4-10(15)5-3-9)14(21)17-8-11(18)6-12(17)13(19)20/h2-5,11-12,18H,6-8H2,1H3,(H,19,20)/t11-,12-/m1/s1. The molecule has 6 nitrogen and oxygen atoms in total. The number of aliphatic carboxylic acids is 1. The lowest BCUT2D eigenvalue weighted by Crippen LogP contribution is -2.46. The van der Waals surface area contributed by atoms with Gasteiger partial charge in [0.25, 0.3) is 0 Å². The SMILES string of the molecule is CN(Cc1ccc(Cl)cc1)C(=O)N1C[C@H](O)C[C@@H]1C(=O)O. The van der Waals surface area contributed by atoms with E-state index in [1.165, 1.54) is 9.80 Å². The van der Waals surface area contributed by atoms with Crippen molar-refractivity contribution < 1.29 is 19.8 Å². The van der Waals surface area contributed by atoms with E-state index in [0.717, 1.165) is 5.56 Å².